The summed E-state index contributed by atoms with van der Waals surface area (Å²) in [5, 5.41) is 4.64. The van der Waals surface area contributed by atoms with Crippen molar-refractivity contribution >= 4 is 35.0 Å². The van der Waals surface area contributed by atoms with E-state index in [1.165, 1.54) is 17.4 Å². The first-order valence-electron chi connectivity index (χ1n) is 6.80. The van der Waals surface area contributed by atoms with Crippen LogP contribution in [0.5, 0.6) is 0 Å². The monoisotopic (exact) mass is 315 g/mol. The topological polar surface area (TPSA) is 55.4 Å². The Balaban J connectivity index is 1.81. The van der Waals surface area contributed by atoms with Crippen LogP contribution >= 0.6 is 11.3 Å². The fraction of sp³-hybridized carbons (Fsp3) is 0.176. The number of hydrogen-bond donors (Lipinski definition) is 1. The maximum Gasteiger partial charge on any atom is 0.331 e. The molecule has 0 radical (unpaired) electrons. The molecule has 4 nitrogen and oxygen atoms in total. The van der Waals surface area contributed by atoms with Gasteiger partial charge in [0.2, 0.25) is 0 Å². The molecule has 5 heteroatoms. The Morgan fingerprint density at radius 1 is 1.27 bits per heavy atom. The highest BCUT2D eigenvalue weighted by molar-refractivity contribution is 7.10. The number of benzene rings is 1. The zero-order valence-electron chi connectivity index (χ0n) is 12.5. The van der Waals surface area contributed by atoms with Gasteiger partial charge in [0.15, 0.2) is 6.61 Å². The number of anilines is 1. The first-order chi connectivity index (χ1) is 10.5. The van der Waals surface area contributed by atoms with Crippen molar-refractivity contribution in [2.75, 3.05) is 11.9 Å². The molecule has 0 atom stereocenters. The lowest BCUT2D eigenvalue weighted by Crippen LogP contribution is -2.20. The van der Waals surface area contributed by atoms with Gasteiger partial charge < -0.3 is 10.1 Å². The molecule has 0 aliphatic heterocycles. The van der Waals surface area contributed by atoms with Gasteiger partial charge in [0, 0.05) is 16.6 Å². The third kappa shape index (κ3) is 4.86. The number of aryl methyl sites for hydroxylation is 2. The predicted octanol–water partition coefficient (Wildman–Crippen LogP) is 3.56. The Bertz CT molecular complexity index is 690. The van der Waals surface area contributed by atoms with Crippen LogP contribution in [0.2, 0.25) is 0 Å². The van der Waals surface area contributed by atoms with Gasteiger partial charge in [0.1, 0.15) is 0 Å². The van der Waals surface area contributed by atoms with E-state index in [-0.39, 0.29) is 12.5 Å². The Kier molecular flexibility index (Phi) is 5.49. The van der Waals surface area contributed by atoms with E-state index < -0.39 is 5.97 Å². The summed E-state index contributed by atoms with van der Waals surface area (Å²) in [6.45, 7) is 3.60. The number of carbonyl (C=O) groups is 2. The molecular formula is C17H17NO3S. The van der Waals surface area contributed by atoms with Crippen molar-refractivity contribution in [1.29, 1.82) is 0 Å². The number of nitrogens with one attached hydrogen (secondary N) is 1. The molecule has 0 unspecified atom stereocenters. The van der Waals surface area contributed by atoms with E-state index in [0.29, 0.717) is 0 Å². The summed E-state index contributed by atoms with van der Waals surface area (Å²) in [6, 6.07) is 9.51. The van der Waals surface area contributed by atoms with E-state index in [4.69, 9.17) is 4.74 Å². The number of thiophene rings is 1. The molecule has 1 N–H and O–H groups in total. The Morgan fingerprint density at radius 2 is 2.09 bits per heavy atom. The van der Waals surface area contributed by atoms with Crippen molar-refractivity contribution in [3.8, 4) is 0 Å². The molecule has 0 saturated heterocycles. The van der Waals surface area contributed by atoms with Crippen LogP contribution < -0.4 is 5.32 Å². The van der Waals surface area contributed by atoms with Crippen molar-refractivity contribution in [1.82, 2.24) is 0 Å². The highest BCUT2D eigenvalue weighted by Gasteiger charge is 2.07. The van der Waals surface area contributed by atoms with Crippen molar-refractivity contribution in [3.05, 3.63) is 57.8 Å². The molecule has 2 rings (SSSR count). The quantitative estimate of drug-likeness (QED) is 0.678. The predicted molar refractivity (Wildman–Crippen MR) is 88.9 cm³/mol. The standard InChI is InChI=1S/C17H17NO3S/c1-12-5-7-15(13(2)10-12)18-16(19)11-21-17(20)8-6-14-4-3-9-22-14/h3-10H,11H2,1-2H3,(H,18,19)/b8-6+. The van der Waals surface area contributed by atoms with Crippen molar-refractivity contribution in [3.63, 3.8) is 0 Å². The van der Waals surface area contributed by atoms with Crippen molar-refractivity contribution < 1.29 is 14.3 Å². The number of hydrogen-bond acceptors (Lipinski definition) is 4. The molecule has 1 aromatic carbocycles. The Labute approximate surface area is 133 Å². The van der Waals surface area contributed by atoms with E-state index in [1.54, 1.807) is 6.08 Å². The van der Waals surface area contributed by atoms with Crippen LogP contribution in [-0.2, 0) is 14.3 Å². The molecule has 2 aromatic rings. The maximum atomic E-state index is 11.8. The van der Waals surface area contributed by atoms with Crippen LogP contribution in [0.3, 0.4) is 0 Å². The van der Waals surface area contributed by atoms with Crippen molar-refractivity contribution in [2.45, 2.75) is 13.8 Å². The third-order valence-electron chi connectivity index (χ3n) is 2.93. The van der Waals surface area contributed by atoms with E-state index in [9.17, 15) is 9.59 Å². The van der Waals surface area contributed by atoms with Crippen LogP contribution in [0.15, 0.2) is 41.8 Å². The zero-order chi connectivity index (χ0) is 15.9. The van der Waals surface area contributed by atoms with Gasteiger partial charge in [-0.25, -0.2) is 4.79 Å². The molecule has 0 spiro atoms. The average molecular weight is 315 g/mol. The van der Waals surface area contributed by atoms with E-state index in [2.05, 4.69) is 5.32 Å². The minimum Gasteiger partial charge on any atom is -0.452 e. The first kappa shape index (κ1) is 16.0. The van der Waals surface area contributed by atoms with Crippen LogP contribution in [0.4, 0.5) is 5.69 Å². The number of amides is 1. The van der Waals surface area contributed by atoms with Gasteiger partial charge in [-0.1, -0.05) is 23.8 Å². The van der Waals surface area contributed by atoms with E-state index in [0.717, 1.165) is 21.7 Å². The van der Waals surface area contributed by atoms with Crippen LogP contribution in [0.1, 0.15) is 16.0 Å². The second-order valence-corrected chi connectivity index (χ2v) is 5.80. The van der Waals surface area contributed by atoms with Gasteiger partial charge in [0.05, 0.1) is 0 Å². The molecule has 22 heavy (non-hydrogen) atoms. The number of rotatable bonds is 5. The van der Waals surface area contributed by atoms with Gasteiger partial charge in [-0.15, -0.1) is 11.3 Å². The van der Waals surface area contributed by atoms with Gasteiger partial charge in [-0.05, 0) is 43.0 Å². The zero-order valence-corrected chi connectivity index (χ0v) is 13.3. The van der Waals surface area contributed by atoms with Crippen molar-refractivity contribution in [2.24, 2.45) is 0 Å². The number of ether oxygens (including phenoxy) is 1. The Hall–Kier alpha value is -2.40. The summed E-state index contributed by atoms with van der Waals surface area (Å²) in [6.07, 6.45) is 2.98. The highest BCUT2D eigenvalue weighted by Crippen LogP contribution is 2.15. The summed E-state index contributed by atoms with van der Waals surface area (Å²) in [5.74, 6) is -0.894. The lowest BCUT2D eigenvalue weighted by molar-refractivity contribution is -0.142. The summed E-state index contributed by atoms with van der Waals surface area (Å²) in [5.41, 5.74) is 2.82. The lowest BCUT2D eigenvalue weighted by atomic mass is 10.1. The SMILES string of the molecule is Cc1ccc(NC(=O)COC(=O)/C=C/c2cccs2)c(C)c1. The van der Waals surface area contributed by atoms with Gasteiger partial charge in [-0.2, -0.15) is 0 Å². The first-order valence-corrected chi connectivity index (χ1v) is 7.68. The fourth-order valence-electron chi connectivity index (χ4n) is 1.86. The largest absolute Gasteiger partial charge is 0.452 e. The maximum absolute atomic E-state index is 11.8. The molecule has 0 saturated carbocycles. The number of carbonyl (C=O) groups excluding carboxylic acids is 2. The highest BCUT2D eigenvalue weighted by atomic mass is 32.1. The van der Waals surface area contributed by atoms with Crippen LogP contribution in [0.25, 0.3) is 6.08 Å². The second kappa shape index (κ2) is 7.56. The third-order valence-corrected chi connectivity index (χ3v) is 3.77. The average Bonchev–Trinajstić information content (AvgIpc) is 2.99. The summed E-state index contributed by atoms with van der Waals surface area (Å²) in [4.78, 5) is 24.3. The van der Waals surface area contributed by atoms with Crippen LogP contribution in [0, 0.1) is 13.8 Å². The molecule has 114 valence electrons. The minimum absolute atomic E-state index is 0.305. The number of esters is 1. The van der Waals surface area contributed by atoms with Crippen LogP contribution in [-0.4, -0.2) is 18.5 Å². The summed E-state index contributed by atoms with van der Waals surface area (Å²) < 4.78 is 4.90. The molecule has 0 aliphatic carbocycles. The molecular weight excluding hydrogens is 298 g/mol. The molecule has 1 aromatic heterocycles. The molecule has 0 fully saturated rings. The lowest BCUT2D eigenvalue weighted by Gasteiger charge is -2.09. The minimum atomic E-state index is -0.538. The molecule has 1 heterocycles. The summed E-state index contributed by atoms with van der Waals surface area (Å²) >= 11 is 1.52. The van der Waals surface area contributed by atoms with E-state index in [1.807, 2.05) is 49.6 Å². The summed E-state index contributed by atoms with van der Waals surface area (Å²) in [7, 11) is 0. The van der Waals surface area contributed by atoms with Gasteiger partial charge in [-0.3, -0.25) is 4.79 Å². The second-order valence-electron chi connectivity index (χ2n) is 4.82. The molecule has 0 aliphatic rings. The van der Waals surface area contributed by atoms with Gasteiger partial charge in [0.25, 0.3) is 5.91 Å². The van der Waals surface area contributed by atoms with E-state index >= 15 is 0 Å². The Morgan fingerprint density at radius 3 is 2.77 bits per heavy atom. The van der Waals surface area contributed by atoms with Gasteiger partial charge >= 0.3 is 5.97 Å². The normalized spacial score (nSPS) is 10.6. The fourth-order valence-corrected chi connectivity index (χ4v) is 2.48. The smallest absolute Gasteiger partial charge is 0.331 e. The molecule has 1 amide bonds. The molecule has 0 bridgehead atoms.